The third kappa shape index (κ3) is 7.14. The van der Waals surface area contributed by atoms with Crippen molar-refractivity contribution in [2.24, 2.45) is 0 Å². The van der Waals surface area contributed by atoms with Gasteiger partial charge in [0.2, 0.25) is 0 Å². The Bertz CT molecular complexity index is 1420. The van der Waals surface area contributed by atoms with Crippen molar-refractivity contribution in [2.45, 2.75) is 0 Å². The number of hydrogen-bond donors (Lipinski definition) is 2. The third-order valence-corrected chi connectivity index (χ3v) is 5.89. The van der Waals surface area contributed by atoms with Crippen LogP contribution in [-0.4, -0.2) is 23.3 Å². The highest BCUT2D eigenvalue weighted by Gasteiger charge is 2.16. The second-order valence-electron chi connectivity index (χ2n) is 7.05. The van der Waals surface area contributed by atoms with E-state index in [1.54, 1.807) is 36.4 Å². The van der Waals surface area contributed by atoms with Crippen molar-refractivity contribution < 1.29 is 19.2 Å². The van der Waals surface area contributed by atoms with Crippen molar-refractivity contribution in [3.05, 3.63) is 95.9 Å². The summed E-state index contributed by atoms with van der Waals surface area (Å²) in [5, 5.41) is 26.0. The van der Waals surface area contributed by atoms with Gasteiger partial charge >= 0.3 is 0 Å². The summed E-state index contributed by atoms with van der Waals surface area (Å²) >= 11 is 12.8. The highest BCUT2D eigenvalue weighted by Crippen LogP contribution is 2.34. The maximum Gasteiger partial charge on any atom is 0.271 e. The number of para-hydroxylation sites is 1. The zero-order chi connectivity index (χ0) is 26.2. The summed E-state index contributed by atoms with van der Waals surface area (Å²) in [6.07, 6.45) is 1.28. The quantitative estimate of drug-likeness (QED) is 0.129. The molecule has 0 aliphatic carbocycles. The van der Waals surface area contributed by atoms with E-state index >= 15 is 0 Å². The molecule has 2 amide bonds. The topological polar surface area (TPSA) is 134 Å². The van der Waals surface area contributed by atoms with E-state index < -0.39 is 16.7 Å². The fourth-order valence-corrected chi connectivity index (χ4v) is 4.48. The number of anilines is 2. The molecule has 2 N–H and O–H groups in total. The fourth-order valence-electron chi connectivity index (χ4n) is 2.93. The molecule has 0 radical (unpaired) electrons. The number of hydrogen-bond acceptors (Lipinski definition) is 6. The summed E-state index contributed by atoms with van der Waals surface area (Å²) in [7, 11) is 0. The Kier molecular flexibility index (Phi) is 9.19. The molecule has 0 fully saturated rings. The van der Waals surface area contributed by atoms with E-state index in [4.69, 9.17) is 16.3 Å². The van der Waals surface area contributed by atoms with Crippen LogP contribution in [0, 0.1) is 21.4 Å². The van der Waals surface area contributed by atoms with E-state index in [1.807, 2.05) is 6.07 Å². The number of nitro benzene ring substituents is 1. The molecule has 0 bridgehead atoms. The molecule has 0 unspecified atom stereocenters. The molecule has 0 aliphatic rings. The van der Waals surface area contributed by atoms with E-state index in [0.717, 1.165) is 0 Å². The summed E-state index contributed by atoms with van der Waals surface area (Å²) in [6, 6.07) is 17.1. The smallest absolute Gasteiger partial charge is 0.271 e. The number of amides is 2. The number of nitriles is 1. The van der Waals surface area contributed by atoms with Crippen LogP contribution in [0.5, 0.6) is 5.75 Å². The molecule has 0 aromatic heterocycles. The normalized spacial score (nSPS) is 10.8. The lowest BCUT2D eigenvalue weighted by Gasteiger charge is -2.13. The average Bonchev–Trinajstić information content (AvgIpc) is 2.83. The van der Waals surface area contributed by atoms with Crippen LogP contribution in [0.15, 0.2) is 75.2 Å². The number of nitrogens with zero attached hydrogens (tertiary/aromatic N) is 2. The second kappa shape index (κ2) is 12.3. The number of non-ortho nitro benzene ring substituents is 1. The predicted octanol–water partition coefficient (Wildman–Crippen LogP) is 6.34. The van der Waals surface area contributed by atoms with Gasteiger partial charge in [0.1, 0.15) is 17.4 Å². The largest absolute Gasteiger partial charge is 0.482 e. The molecular formula is C24H15Br2ClN4O5. The molecule has 0 aliphatic heterocycles. The number of nitro groups is 1. The number of benzene rings is 3. The monoisotopic (exact) mass is 632 g/mol. The predicted molar refractivity (Wildman–Crippen MR) is 143 cm³/mol. The molecule has 3 aromatic carbocycles. The van der Waals surface area contributed by atoms with Gasteiger partial charge in [0, 0.05) is 27.9 Å². The van der Waals surface area contributed by atoms with Crippen molar-refractivity contribution in [3.8, 4) is 11.8 Å². The molecule has 36 heavy (non-hydrogen) atoms. The SMILES string of the molecule is N#C/C(=C/c1cc(Br)cc(Br)c1OCC(=O)Nc1ccccc1Cl)C(=O)Nc1cccc([N+](=O)[O-])c1. The molecular weight excluding hydrogens is 620 g/mol. The molecule has 0 atom stereocenters. The molecule has 12 heteroatoms. The minimum absolute atomic E-state index is 0.151. The standard InChI is InChI=1S/C24H15Br2ClN4O5/c25-16-9-14(8-15(12-28)24(33)29-17-4-3-5-18(11-17)31(34)35)23(19(26)10-16)36-13-22(32)30-21-7-2-1-6-20(21)27/h1-11H,13H2,(H,29,33)(H,30,32)/b15-8-. The van der Waals surface area contributed by atoms with Crippen molar-refractivity contribution >= 4 is 78.4 Å². The summed E-state index contributed by atoms with van der Waals surface area (Å²) in [4.78, 5) is 35.5. The van der Waals surface area contributed by atoms with E-state index in [1.165, 1.54) is 30.3 Å². The number of carbonyl (C=O) groups is 2. The Morgan fingerprint density at radius 2 is 1.86 bits per heavy atom. The Balaban J connectivity index is 1.82. The van der Waals surface area contributed by atoms with E-state index in [0.29, 0.717) is 25.2 Å². The molecule has 3 rings (SSSR count). The first-order valence-electron chi connectivity index (χ1n) is 10.0. The minimum Gasteiger partial charge on any atom is -0.482 e. The maximum absolute atomic E-state index is 12.7. The third-order valence-electron chi connectivity index (χ3n) is 4.51. The lowest BCUT2D eigenvalue weighted by Crippen LogP contribution is -2.20. The number of nitrogens with one attached hydrogen (secondary N) is 2. The first kappa shape index (κ1) is 26.9. The Hall–Kier alpha value is -3.72. The van der Waals surface area contributed by atoms with E-state index in [2.05, 4.69) is 42.5 Å². The van der Waals surface area contributed by atoms with Crippen LogP contribution in [-0.2, 0) is 9.59 Å². The summed E-state index contributed by atoms with van der Waals surface area (Å²) in [6.45, 7) is -0.381. The van der Waals surface area contributed by atoms with Crippen LogP contribution in [0.1, 0.15) is 5.56 Å². The van der Waals surface area contributed by atoms with Crippen LogP contribution < -0.4 is 15.4 Å². The van der Waals surface area contributed by atoms with Crippen LogP contribution in [0.25, 0.3) is 6.08 Å². The van der Waals surface area contributed by atoms with Gasteiger partial charge in [-0.2, -0.15) is 5.26 Å². The lowest BCUT2D eigenvalue weighted by atomic mass is 10.1. The van der Waals surface area contributed by atoms with E-state index in [9.17, 15) is 25.0 Å². The van der Waals surface area contributed by atoms with Crippen molar-refractivity contribution in [3.63, 3.8) is 0 Å². The number of rotatable bonds is 8. The van der Waals surface area contributed by atoms with Crippen LogP contribution in [0.3, 0.4) is 0 Å². The molecule has 0 spiro atoms. The van der Waals surface area contributed by atoms with E-state index in [-0.39, 0.29) is 29.3 Å². The average molecular weight is 635 g/mol. The Labute approximate surface area is 227 Å². The fraction of sp³-hybridized carbons (Fsp3) is 0.0417. The molecule has 0 saturated heterocycles. The maximum atomic E-state index is 12.7. The lowest BCUT2D eigenvalue weighted by molar-refractivity contribution is -0.384. The van der Waals surface area contributed by atoms with Gasteiger partial charge in [-0.1, -0.05) is 45.7 Å². The van der Waals surface area contributed by atoms with Crippen LogP contribution in [0.2, 0.25) is 5.02 Å². The highest BCUT2D eigenvalue weighted by atomic mass is 79.9. The molecule has 9 nitrogen and oxygen atoms in total. The first-order valence-corrected chi connectivity index (χ1v) is 12.0. The van der Waals surface area contributed by atoms with Gasteiger partial charge in [-0.25, -0.2) is 0 Å². The zero-order valence-electron chi connectivity index (χ0n) is 18.1. The Morgan fingerprint density at radius 3 is 2.56 bits per heavy atom. The number of ether oxygens (including phenoxy) is 1. The van der Waals surface area contributed by atoms with Crippen molar-refractivity contribution in [1.29, 1.82) is 5.26 Å². The summed E-state index contributed by atoms with van der Waals surface area (Å²) < 4.78 is 6.78. The molecule has 0 saturated carbocycles. The minimum atomic E-state index is -0.781. The number of carbonyl (C=O) groups excluding carboxylic acids is 2. The summed E-state index contributed by atoms with van der Waals surface area (Å²) in [5.74, 6) is -1.04. The second-order valence-corrected chi connectivity index (χ2v) is 9.23. The molecule has 182 valence electrons. The van der Waals surface area contributed by atoms with Gasteiger partial charge in [-0.15, -0.1) is 0 Å². The molecule has 0 heterocycles. The van der Waals surface area contributed by atoms with Crippen LogP contribution >= 0.6 is 43.5 Å². The van der Waals surface area contributed by atoms with Gasteiger partial charge < -0.3 is 15.4 Å². The molecule has 3 aromatic rings. The Morgan fingerprint density at radius 1 is 1.11 bits per heavy atom. The van der Waals surface area contributed by atoms with Crippen molar-refractivity contribution in [1.82, 2.24) is 0 Å². The summed E-state index contributed by atoms with van der Waals surface area (Å²) in [5.41, 5.74) is 0.396. The van der Waals surface area contributed by atoms with Gasteiger partial charge in [-0.3, -0.25) is 19.7 Å². The highest BCUT2D eigenvalue weighted by molar-refractivity contribution is 9.11. The number of halogens is 3. The van der Waals surface area contributed by atoms with Gasteiger partial charge in [-0.05, 0) is 52.3 Å². The van der Waals surface area contributed by atoms with Crippen molar-refractivity contribution in [2.75, 3.05) is 17.2 Å². The zero-order valence-corrected chi connectivity index (χ0v) is 22.1. The van der Waals surface area contributed by atoms with Gasteiger partial charge in [0.25, 0.3) is 17.5 Å². The first-order chi connectivity index (χ1) is 17.2. The van der Waals surface area contributed by atoms with Crippen LogP contribution in [0.4, 0.5) is 17.1 Å². The van der Waals surface area contributed by atoms with Gasteiger partial charge in [0.05, 0.1) is 20.1 Å². The van der Waals surface area contributed by atoms with Gasteiger partial charge in [0.15, 0.2) is 6.61 Å².